The number of aromatic nitrogens is 2. The van der Waals surface area contributed by atoms with Crippen molar-refractivity contribution in [3.63, 3.8) is 0 Å². The van der Waals surface area contributed by atoms with Gasteiger partial charge < -0.3 is 10.1 Å². The molecule has 0 radical (unpaired) electrons. The lowest BCUT2D eigenvalue weighted by atomic mass is 9.51. The second kappa shape index (κ2) is 5.01. The van der Waals surface area contributed by atoms with E-state index >= 15 is 0 Å². The number of H-pyrrole nitrogens is 1. The second-order valence-corrected chi connectivity index (χ2v) is 5.60. The average molecular weight is 277 g/mol. The molecule has 0 aliphatic heterocycles. The Hall–Kier alpha value is -1.69. The highest BCUT2D eigenvalue weighted by atomic mass is 16.5. The molecule has 108 valence electrons. The van der Waals surface area contributed by atoms with Crippen LogP contribution in [-0.2, 0) is 4.74 Å². The van der Waals surface area contributed by atoms with Gasteiger partial charge in [-0.2, -0.15) is 5.10 Å². The molecule has 1 aromatic rings. The van der Waals surface area contributed by atoms with Crippen molar-refractivity contribution in [2.75, 3.05) is 6.61 Å². The van der Waals surface area contributed by atoms with Crippen molar-refractivity contribution in [1.29, 1.82) is 0 Å². The van der Waals surface area contributed by atoms with Gasteiger partial charge in [0, 0.05) is 24.1 Å². The van der Waals surface area contributed by atoms with E-state index in [0.29, 0.717) is 6.61 Å². The van der Waals surface area contributed by atoms with Crippen molar-refractivity contribution in [3.05, 3.63) is 28.2 Å². The number of nitrogens with zero attached hydrogens (tertiary/aromatic N) is 1. The van der Waals surface area contributed by atoms with Gasteiger partial charge in [-0.05, 0) is 32.3 Å². The van der Waals surface area contributed by atoms with Gasteiger partial charge >= 0.3 is 0 Å². The minimum absolute atomic E-state index is 0.133. The maximum atomic E-state index is 12.1. The Morgan fingerprint density at radius 3 is 2.90 bits per heavy atom. The SMILES string of the molecule is CCO[C@H]1C[C@H](NC(=O)c2ccc(=O)[nH]n2)C12CCC2. The number of nitrogens with one attached hydrogen (secondary N) is 2. The largest absolute Gasteiger partial charge is 0.378 e. The first-order valence-electron chi connectivity index (χ1n) is 7.14. The predicted octanol–water partition coefficient (Wildman–Crippen LogP) is 0.847. The molecule has 0 saturated heterocycles. The molecule has 2 fully saturated rings. The summed E-state index contributed by atoms with van der Waals surface area (Å²) in [4.78, 5) is 23.1. The lowest BCUT2D eigenvalue weighted by molar-refractivity contribution is -0.169. The summed E-state index contributed by atoms with van der Waals surface area (Å²) in [5.41, 5.74) is 0.0735. The Bertz CT molecular complexity index is 545. The molecule has 2 atom stereocenters. The molecule has 6 heteroatoms. The Morgan fingerprint density at radius 2 is 2.35 bits per heavy atom. The van der Waals surface area contributed by atoms with Crippen LogP contribution in [0, 0.1) is 5.41 Å². The molecule has 0 unspecified atom stereocenters. The van der Waals surface area contributed by atoms with Crippen LogP contribution in [0.1, 0.15) is 43.1 Å². The van der Waals surface area contributed by atoms with Crippen molar-refractivity contribution in [2.45, 2.75) is 44.8 Å². The van der Waals surface area contributed by atoms with Crippen LogP contribution >= 0.6 is 0 Å². The van der Waals surface area contributed by atoms with Gasteiger partial charge in [0.1, 0.15) is 5.69 Å². The molecule has 0 aromatic carbocycles. The smallest absolute Gasteiger partial charge is 0.271 e. The van der Waals surface area contributed by atoms with E-state index in [1.807, 2.05) is 6.92 Å². The summed E-state index contributed by atoms with van der Waals surface area (Å²) in [7, 11) is 0. The molecular formula is C14H19N3O3. The maximum Gasteiger partial charge on any atom is 0.271 e. The van der Waals surface area contributed by atoms with E-state index < -0.39 is 0 Å². The lowest BCUT2D eigenvalue weighted by Crippen LogP contribution is -2.67. The molecule has 20 heavy (non-hydrogen) atoms. The van der Waals surface area contributed by atoms with E-state index in [9.17, 15) is 9.59 Å². The normalized spacial score (nSPS) is 26.6. The van der Waals surface area contributed by atoms with Crippen LogP contribution < -0.4 is 10.9 Å². The highest BCUT2D eigenvalue weighted by Crippen LogP contribution is 2.57. The van der Waals surface area contributed by atoms with E-state index in [1.54, 1.807) is 0 Å². The third-order valence-corrected chi connectivity index (χ3v) is 4.65. The summed E-state index contributed by atoms with van der Waals surface area (Å²) < 4.78 is 5.75. The Kier molecular flexibility index (Phi) is 3.33. The van der Waals surface area contributed by atoms with Crippen LogP contribution in [0.5, 0.6) is 0 Å². The summed E-state index contributed by atoms with van der Waals surface area (Å²) in [6, 6.07) is 2.92. The van der Waals surface area contributed by atoms with Gasteiger partial charge in [-0.3, -0.25) is 9.59 Å². The fourth-order valence-corrected chi connectivity index (χ4v) is 3.34. The first kappa shape index (κ1) is 13.3. The van der Waals surface area contributed by atoms with E-state index in [2.05, 4.69) is 15.5 Å². The number of hydrogen-bond donors (Lipinski definition) is 2. The van der Waals surface area contributed by atoms with Gasteiger partial charge in [0.25, 0.3) is 11.5 Å². The third kappa shape index (κ3) is 2.04. The van der Waals surface area contributed by atoms with Crippen molar-refractivity contribution in [3.8, 4) is 0 Å². The Labute approximate surface area is 116 Å². The van der Waals surface area contributed by atoms with Crippen LogP contribution in [0.3, 0.4) is 0 Å². The fourth-order valence-electron chi connectivity index (χ4n) is 3.34. The van der Waals surface area contributed by atoms with Gasteiger partial charge in [0.2, 0.25) is 0 Å². The zero-order valence-corrected chi connectivity index (χ0v) is 11.5. The average Bonchev–Trinajstić information content (AvgIpc) is 2.36. The molecule has 1 heterocycles. The van der Waals surface area contributed by atoms with Crippen molar-refractivity contribution in [2.24, 2.45) is 5.41 Å². The molecule has 2 aliphatic carbocycles. The summed E-state index contributed by atoms with van der Waals surface area (Å²) in [6.07, 6.45) is 4.56. The van der Waals surface area contributed by atoms with Gasteiger partial charge in [0.05, 0.1) is 6.10 Å². The zero-order chi connectivity index (χ0) is 14.2. The second-order valence-electron chi connectivity index (χ2n) is 5.60. The van der Waals surface area contributed by atoms with E-state index in [1.165, 1.54) is 18.6 Å². The lowest BCUT2D eigenvalue weighted by Gasteiger charge is -2.60. The van der Waals surface area contributed by atoms with Crippen molar-refractivity contribution in [1.82, 2.24) is 15.5 Å². The number of hydrogen-bond acceptors (Lipinski definition) is 4. The molecule has 2 N–H and O–H groups in total. The summed E-state index contributed by atoms with van der Waals surface area (Å²) in [5, 5.41) is 9.06. The number of ether oxygens (including phenoxy) is 1. The molecule has 0 bridgehead atoms. The molecule has 3 rings (SSSR count). The summed E-state index contributed by atoms with van der Waals surface area (Å²) in [5.74, 6) is -0.229. The van der Waals surface area contributed by atoms with E-state index in [-0.39, 0.29) is 34.7 Å². The van der Waals surface area contributed by atoms with Gasteiger partial charge in [-0.15, -0.1) is 0 Å². The minimum Gasteiger partial charge on any atom is -0.378 e. The quantitative estimate of drug-likeness (QED) is 0.854. The number of amides is 1. The molecular weight excluding hydrogens is 258 g/mol. The number of carbonyl (C=O) groups is 1. The third-order valence-electron chi connectivity index (χ3n) is 4.65. The van der Waals surface area contributed by atoms with Crippen molar-refractivity contribution >= 4 is 5.91 Å². The van der Waals surface area contributed by atoms with Crippen LogP contribution in [0.4, 0.5) is 0 Å². The Balaban J connectivity index is 1.65. The Morgan fingerprint density at radius 1 is 1.55 bits per heavy atom. The van der Waals surface area contributed by atoms with Crippen LogP contribution in [0.25, 0.3) is 0 Å². The summed E-state index contributed by atoms with van der Waals surface area (Å²) >= 11 is 0. The first-order valence-corrected chi connectivity index (χ1v) is 7.14. The standard InChI is InChI=1S/C14H19N3O3/c1-2-20-11-8-10(14(11)6-3-7-14)15-13(19)9-4-5-12(18)17-16-9/h4-5,10-11H,2-3,6-8H2,1H3,(H,15,19)(H,17,18)/t10-,11-/m0/s1. The van der Waals surface area contributed by atoms with Crippen LogP contribution in [-0.4, -0.2) is 34.9 Å². The molecule has 1 aromatic heterocycles. The first-order chi connectivity index (χ1) is 9.65. The molecule has 1 amide bonds. The minimum atomic E-state index is -0.308. The number of rotatable bonds is 4. The van der Waals surface area contributed by atoms with Crippen LogP contribution in [0.15, 0.2) is 16.9 Å². The molecule has 2 saturated carbocycles. The maximum absolute atomic E-state index is 12.1. The van der Waals surface area contributed by atoms with Gasteiger partial charge in [0.15, 0.2) is 0 Å². The monoisotopic (exact) mass is 277 g/mol. The number of aromatic amines is 1. The zero-order valence-electron chi connectivity index (χ0n) is 11.5. The van der Waals surface area contributed by atoms with E-state index in [0.717, 1.165) is 19.3 Å². The van der Waals surface area contributed by atoms with Gasteiger partial charge in [-0.25, -0.2) is 5.10 Å². The topological polar surface area (TPSA) is 84.1 Å². The van der Waals surface area contributed by atoms with Crippen molar-refractivity contribution < 1.29 is 9.53 Å². The van der Waals surface area contributed by atoms with Gasteiger partial charge in [-0.1, -0.05) is 6.42 Å². The predicted molar refractivity (Wildman–Crippen MR) is 72.4 cm³/mol. The highest BCUT2D eigenvalue weighted by Gasteiger charge is 2.59. The molecule has 6 nitrogen and oxygen atoms in total. The number of carbonyl (C=O) groups excluding carboxylic acids is 1. The molecule has 2 aliphatic rings. The summed E-state index contributed by atoms with van der Waals surface area (Å²) in [6.45, 7) is 2.72. The van der Waals surface area contributed by atoms with E-state index in [4.69, 9.17) is 4.74 Å². The fraction of sp³-hybridized carbons (Fsp3) is 0.643. The highest BCUT2D eigenvalue weighted by molar-refractivity contribution is 5.92. The molecule has 1 spiro atoms. The van der Waals surface area contributed by atoms with Crippen LogP contribution in [0.2, 0.25) is 0 Å².